The predicted molar refractivity (Wildman–Crippen MR) is 108 cm³/mol. The normalized spacial score (nSPS) is 14.2. The number of rotatable bonds is 6. The van der Waals surface area contributed by atoms with Gasteiger partial charge in [0, 0.05) is 16.5 Å². The minimum absolute atomic E-state index is 0.170. The van der Waals surface area contributed by atoms with Crippen LogP contribution in [0.25, 0.3) is 0 Å². The number of benzene rings is 2. The number of ether oxygens (including phenoxy) is 1. The second kappa shape index (κ2) is 9.12. The Morgan fingerprint density at radius 3 is 2.71 bits per heavy atom. The summed E-state index contributed by atoms with van der Waals surface area (Å²) < 4.78 is 5.21. The summed E-state index contributed by atoms with van der Waals surface area (Å²) in [5.41, 5.74) is 1.44. The second-order valence-corrected chi connectivity index (χ2v) is 7.60. The van der Waals surface area contributed by atoms with E-state index in [9.17, 15) is 14.4 Å². The van der Waals surface area contributed by atoms with Gasteiger partial charge in [0.1, 0.15) is 6.54 Å². The van der Waals surface area contributed by atoms with Crippen molar-refractivity contribution in [2.24, 2.45) is 0 Å². The maximum Gasteiger partial charge on any atom is 0.326 e. The molecule has 0 aromatic heterocycles. The highest BCUT2D eigenvalue weighted by atomic mass is 35.5. The first kappa shape index (κ1) is 20.2. The third kappa shape index (κ3) is 4.85. The molecule has 0 aliphatic carbocycles. The summed E-state index contributed by atoms with van der Waals surface area (Å²) in [6, 6.07) is 14.5. The minimum Gasteiger partial charge on any atom is -0.451 e. The zero-order chi connectivity index (χ0) is 20.1. The van der Waals surface area contributed by atoms with Crippen molar-refractivity contribution in [3.8, 4) is 0 Å². The van der Waals surface area contributed by atoms with Crippen LogP contribution in [-0.4, -0.2) is 36.2 Å². The number of hydrogen-bond acceptors (Lipinski definition) is 5. The molecule has 28 heavy (non-hydrogen) atoms. The summed E-state index contributed by atoms with van der Waals surface area (Å²) in [7, 11) is 0. The second-order valence-electron chi connectivity index (χ2n) is 6.18. The summed E-state index contributed by atoms with van der Waals surface area (Å²) in [4.78, 5) is 39.0. The van der Waals surface area contributed by atoms with Crippen LogP contribution < -0.4 is 10.2 Å². The van der Waals surface area contributed by atoms with Gasteiger partial charge in [-0.3, -0.25) is 19.3 Å². The lowest BCUT2D eigenvalue weighted by Gasteiger charge is -2.28. The van der Waals surface area contributed by atoms with Crippen LogP contribution in [0.1, 0.15) is 12.5 Å². The molecule has 0 saturated carbocycles. The Balaban J connectivity index is 1.55. The molecule has 6 nitrogen and oxygen atoms in total. The van der Waals surface area contributed by atoms with Crippen LogP contribution in [-0.2, 0) is 25.7 Å². The molecule has 0 spiro atoms. The van der Waals surface area contributed by atoms with E-state index in [0.29, 0.717) is 10.7 Å². The van der Waals surface area contributed by atoms with Crippen LogP contribution in [0.5, 0.6) is 0 Å². The lowest BCUT2D eigenvalue weighted by Crippen LogP contribution is -2.42. The number of carbonyl (C=O) groups excluding carboxylic acids is 3. The van der Waals surface area contributed by atoms with Crippen molar-refractivity contribution in [2.75, 3.05) is 17.2 Å². The van der Waals surface area contributed by atoms with Gasteiger partial charge >= 0.3 is 5.97 Å². The van der Waals surface area contributed by atoms with Crippen molar-refractivity contribution >= 4 is 46.8 Å². The standard InChI is InChI=1S/C20H19ClN2O4S/c1-13(20(26)22-10-14-6-2-3-7-15(14)21)27-19(25)11-23-16-8-4-5-9-17(16)28-12-18(23)24/h2-9,13H,10-12H2,1H3,(H,22,26)/t13-/m0/s1. The zero-order valence-electron chi connectivity index (χ0n) is 15.2. The average molecular weight is 419 g/mol. The molecular formula is C20H19ClN2O4S. The first-order chi connectivity index (χ1) is 13.5. The summed E-state index contributed by atoms with van der Waals surface area (Å²) in [5, 5.41) is 3.24. The quantitative estimate of drug-likeness (QED) is 0.730. The fourth-order valence-electron chi connectivity index (χ4n) is 2.71. The van der Waals surface area contributed by atoms with Crippen LogP contribution in [0.15, 0.2) is 53.4 Å². The molecule has 1 aliphatic rings. The Morgan fingerprint density at radius 2 is 1.93 bits per heavy atom. The number of fused-ring (bicyclic) bond motifs is 1. The van der Waals surface area contributed by atoms with Gasteiger partial charge in [0.2, 0.25) is 5.91 Å². The molecule has 0 fully saturated rings. The molecular weight excluding hydrogens is 400 g/mol. The number of anilines is 1. The summed E-state index contributed by atoms with van der Waals surface area (Å²) in [6.07, 6.45) is -0.987. The van der Waals surface area contributed by atoms with Crippen LogP contribution in [0.4, 0.5) is 5.69 Å². The van der Waals surface area contributed by atoms with Gasteiger partial charge in [-0.25, -0.2) is 0 Å². The lowest BCUT2D eigenvalue weighted by molar-refractivity contribution is -0.153. The largest absolute Gasteiger partial charge is 0.451 e. The number of carbonyl (C=O) groups is 3. The highest BCUT2D eigenvalue weighted by Crippen LogP contribution is 2.34. The van der Waals surface area contributed by atoms with Crippen molar-refractivity contribution in [1.29, 1.82) is 0 Å². The number of esters is 1. The van der Waals surface area contributed by atoms with Crippen molar-refractivity contribution in [3.63, 3.8) is 0 Å². The van der Waals surface area contributed by atoms with E-state index in [1.165, 1.54) is 23.6 Å². The fourth-order valence-corrected chi connectivity index (χ4v) is 3.85. The molecule has 0 bridgehead atoms. The fraction of sp³-hybridized carbons (Fsp3) is 0.250. The molecule has 1 heterocycles. The molecule has 2 amide bonds. The number of nitrogens with one attached hydrogen (secondary N) is 1. The van der Waals surface area contributed by atoms with E-state index >= 15 is 0 Å². The molecule has 0 radical (unpaired) electrons. The summed E-state index contributed by atoms with van der Waals surface area (Å²) in [5.74, 6) is -0.987. The number of halogens is 1. The van der Waals surface area contributed by atoms with Gasteiger partial charge in [-0.05, 0) is 30.7 Å². The van der Waals surface area contributed by atoms with E-state index in [4.69, 9.17) is 16.3 Å². The SMILES string of the molecule is C[C@H](OC(=O)CN1C(=O)CSc2ccccc21)C(=O)NCc1ccccc1Cl. The summed E-state index contributed by atoms with van der Waals surface area (Å²) >= 11 is 7.49. The number of thioether (sulfide) groups is 1. The Bertz CT molecular complexity index is 905. The van der Waals surface area contributed by atoms with E-state index in [2.05, 4.69) is 5.32 Å². The number of nitrogens with zero attached hydrogens (tertiary/aromatic N) is 1. The first-order valence-electron chi connectivity index (χ1n) is 8.68. The molecule has 1 N–H and O–H groups in total. The van der Waals surface area contributed by atoms with Crippen molar-refractivity contribution in [2.45, 2.75) is 24.5 Å². The Kier molecular flexibility index (Phi) is 6.59. The molecule has 0 unspecified atom stereocenters. The Hall–Kier alpha value is -2.51. The molecule has 0 saturated heterocycles. The first-order valence-corrected chi connectivity index (χ1v) is 10.0. The van der Waals surface area contributed by atoms with Crippen molar-refractivity contribution < 1.29 is 19.1 Å². The van der Waals surface area contributed by atoms with Gasteiger partial charge in [0.15, 0.2) is 6.10 Å². The highest BCUT2D eigenvalue weighted by Gasteiger charge is 2.28. The van der Waals surface area contributed by atoms with Crippen LogP contribution >= 0.6 is 23.4 Å². The van der Waals surface area contributed by atoms with Crippen molar-refractivity contribution in [1.82, 2.24) is 5.32 Å². The van der Waals surface area contributed by atoms with Crippen LogP contribution in [0, 0.1) is 0 Å². The van der Waals surface area contributed by atoms with E-state index in [0.717, 1.165) is 10.5 Å². The maximum atomic E-state index is 12.3. The molecule has 8 heteroatoms. The molecule has 146 valence electrons. The molecule has 1 aliphatic heterocycles. The van der Waals surface area contributed by atoms with Gasteiger partial charge in [-0.2, -0.15) is 0 Å². The van der Waals surface area contributed by atoms with E-state index in [-0.39, 0.29) is 24.7 Å². The Labute approximate surface area is 172 Å². The van der Waals surface area contributed by atoms with Gasteiger partial charge < -0.3 is 10.1 Å². The van der Waals surface area contributed by atoms with Crippen LogP contribution in [0.3, 0.4) is 0 Å². The lowest BCUT2D eigenvalue weighted by atomic mass is 10.2. The Morgan fingerprint density at radius 1 is 1.21 bits per heavy atom. The minimum atomic E-state index is -0.987. The van der Waals surface area contributed by atoms with Gasteiger partial charge in [0.05, 0.1) is 11.4 Å². The monoisotopic (exact) mass is 418 g/mol. The highest BCUT2D eigenvalue weighted by molar-refractivity contribution is 8.00. The molecule has 3 rings (SSSR count). The van der Waals surface area contributed by atoms with Gasteiger partial charge in [0.25, 0.3) is 5.91 Å². The number of para-hydroxylation sites is 1. The number of hydrogen-bond donors (Lipinski definition) is 1. The predicted octanol–water partition coefficient (Wildman–Crippen LogP) is 3.03. The summed E-state index contributed by atoms with van der Waals surface area (Å²) in [6.45, 7) is 1.48. The average Bonchev–Trinajstić information content (AvgIpc) is 2.69. The van der Waals surface area contributed by atoms with Crippen molar-refractivity contribution in [3.05, 3.63) is 59.1 Å². The maximum absolute atomic E-state index is 12.3. The van der Waals surface area contributed by atoms with E-state index in [1.54, 1.807) is 30.3 Å². The van der Waals surface area contributed by atoms with Gasteiger partial charge in [-0.15, -0.1) is 11.8 Å². The topological polar surface area (TPSA) is 75.7 Å². The van der Waals surface area contributed by atoms with Crippen LogP contribution in [0.2, 0.25) is 5.02 Å². The van der Waals surface area contributed by atoms with Gasteiger partial charge in [-0.1, -0.05) is 41.9 Å². The zero-order valence-corrected chi connectivity index (χ0v) is 16.8. The molecule has 2 aromatic carbocycles. The third-order valence-electron chi connectivity index (χ3n) is 4.18. The third-order valence-corrected chi connectivity index (χ3v) is 5.60. The molecule has 2 aromatic rings. The smallest absolute Gasteiger partial charge is 0.326 e. The molecule has 1 atom stereocenters. The van der Waals surface area contributed by atoms with E-state index < -0.39 is 18.0 Å². The number of amides is 2. The van der Waals surface area contributed by atoms with E-state index in [1.807, 2.05) is 18.2 Å².